The van der Waals surface area contributed by atoms with Gasteiger partial charge in [0.25, 0.3) is 0 Å². The van der Waals surface area contributed by atoms with E-state index in [0.29, 0.717) is 16.3 Å². The summed E-state index contributed by atoms with van der Waals surface area (Å²) in [5, 5.41) is 4.12. The summed E-state index contributed by atoms with van der Waals surface area (Å²) in [5.41, 5.74) is 0.514. The summed E-state index contributed by atoms with van der Waals surface area (Å²) < 4.78 is 13.4. The number of aliphatic imine (C=N–C) groups is 1. The molecule has 0 amide bonds. The van der Waals surface area contributed by atoms with E-state index < -0.39 is 0 Å². The molecule has 0 heterocycles. The highest BCUT2D eigenvalue weighted by Gasteiger charge is 2.07. The fraction of sp³-hybridized carbons (Fsp3) is 0.300. The zero-order valence-electron chi connectivity index (χ0n) is 8.55. The molecule has 0 aromatic heterocycles. The predicted molar refractivity (Wildman–Crippen MR) is 65.1 cm³/mol. The Morgan fingerprint density at radius 3 is 2.87 bits per heavy atom. The second-order valence-corrected chi connectivity index (χ2v) is 4.14. The topological polar surface area (TPSA) is 24.4 Å². The zero-order valence-corrected chi connectivity index (χ0v) is 10.1. The monoisotopic (exact) mass is 246 g/mol. The van der Waals surface area contributed by atoms with Gasteiger partial charge in [0.1, 0.15) is 5.82 Å². The van der Waals surface area contributed by atoms with Gasteiger partial charge >= 0.3 is 0 Å². The molecule has 0 fully saturated rings. The van der Waals surface area contributed by atoms with Gasteiger partial charge in [-0.2, -0.15) is 0 Å². The van der Waals surface area contributed by atoms with Crippen molar-refractivity contribution >= 4 is 28.5 Å². The average Bonchev–Trinajstić information content (AvgIpc) is 2.23. The van der Waals surface area contributed by atoms with Crippen molar-refractivity contribution in [1.29, 1.82) is 0 Å². The lowest BCUT2D eigenvalue weighted by Crippen LogP contribution is -2.14. The Bertz CT molecular complexity index is 348. The molecular formula is C10H12ClFN2S. The third kappa shape index (κ3) is 3.39. The van der Waals surface area contributed by atoms with Crippen LogP contribution in [0.15, 0.2) is 23.2 Å². The molecule has 0 saturated heterocycles. The van der Waals surface area contributed by atoms with Crippen LogP contribution in [-0.4, -0.2) is 19.3 Å². The third-order valence-corrected chi connectivity index (χ3v) is 3.28. The molecule has 2 nitrogen and oxygen atoms in total. The van der Waals surface area contributed by atoms with Crippen molar-refractivity contribution in [3.63, 3.8) is 0 Å². The number of nitrogens with zero attached hydrogens (tertiary/aromatic N) is 1. The smallest absolute Gasteiger partial charge is 0.156 e. The standard InChI is InChI=1S/C10H12ClFN2S/c1-13-10(14-2)15-6-7-8(11)4-3-5-9(7)12/h3-5H,6H2,1-2H3,(H,13,14). The molecule has 82 valence electrons. The number of thioether (sulfide) groups is 1. The molecule has 0 spiro atoms. The highest BCUT2D eigenvalue weighted by atomic mass is 35.5. The molecular weight excluding hydrogens is 235 g/mol. The van der Waals surface area contributed by atoms with E-state index in [2.05, 4.69) is 10.3 Å². The fourth-order valence-corrected chi connectivity index (χ4v) is 2.22. The van der Waals surface area contributed by atoms with Gasteiger partial charge in [0.05, 0.1) is 0 Å². The highest BCUT2D eigenvalue weighted by molar-refractivity contribution is 8.13. The van der Waals surface area contributed by atoms with E-state index in [4.69, 9.17) is 11.6 Å². The Balaban J connectivity index is 2.73. The van der Waals surface area contributed by atoms with Crippen molar-refractivity contribution in [3.05, 3.63) is 34.6 Å². The van der Waals surface area contributed by atoms with Gasteiger partial charge in [-0.1, -0.05) is 29.4 Å². The lowest BCUT2D eigenvalue weighted by Gasteiger charge is -2.06. The van der Waals surface area contributed by atoms with Crippen LogP contribution in [0.1, 0.15) is 5.56 Å². The summed E-state index contributed by atoms with van der Waals surface area (Å²) in [6.07, 6.45) is 0. The van der Waals surface area contributed by atoms with Crippen molar-refractivity contribution in [3.8, 4) is 0 Å². The molecule has 0 aliphatic heterocycles. The molecule has 5 heteroatoms. The molecule has 1 N–H and O–H groups in total. The van der Waals surface area contributed by atoms with Gasteiger partial charge in [0.2, 0.25) is 0 Å². The largest absolute Gasteiger partial charge is 0.368 e. The van der Waals surface area contributed by atoms with Crippen molar-refractivity contribution < 1.29 is 4.39 Å². The number of nitrogens with one attached hydrogen (secondary N) is 1. The summed E-state index contributed by atoms with van der Waals surface area (Å²) in [6, 6.07) is 4.69. The lowest BCUT2D eigenvalue weighted by molar-refractivity contribution is 0.617. The highest BCUT2D eigenvalue weighted by Crippen LogP contribution is 2.23. The van der Waals surface area contributed by atoms with Gasteiger partial charge in [0.15, 0.2) is 5.17 Å². The lowest BCUT2D eigenvalue weighted by atomic mass is 10.2. The van der Waals surface area contributed by atoms with Crippen LogP contribution in [-0.2, 0) is 5.75 Å². The van der Waals surface area contributed by atoms with Crippen LogP contribution in [0.25, 0.3) is 0 Å². The van der Waals surface area contributed by atoms with E-state index >= 15 is 0 Å². The quantitative estimate of drug-likeness (QED) is 0.641. The molecule has 0 saturated carbocycles. The van der Waals surface area contributed by atoms with Gasteiger partial charge in [0, 0.05) is 30.4 Å². The number of halogens is 2. The first-order valence-electron chi connectivity index (χ1n) is 4.39. The summed E-state index contributed by atoms with van der Waals surface area (Å²) >= 11 is 7.30. The van der Waals surface area contributed by atoms with Crippen molar-refractivity contribution in [2.45, 2.75) is 5.75 Å². The Hall–Kier alpha value is -0.740. The Kier molecular flexibility index (Phi) is 4.91. The molecule has 1 aromatic carbocycles. The van der Waals surface area contributed by atoms with E-state index in [1.165, 1.54) is 17.8 Å². The molecule has 0 aliphatic carbocycles. The molecule has 15 heavy (non-hydrogen) atoms. The number of rotatable bonds is 2. The molecule has 0 aliphatic rings. The second-order valence-electron chi connectivity index (χ2n) is 2.77. The minimum absolute atomic E-state index is 0.276. The van der Waals surface area contributed by atoms with Crippen molar-refractivity contribution in [1.82, 2.24) is 5.32 Å². The Labute approximate surface area is 97.9 Å². The predicted octanol–water partition coefficient (Wildman–Crippen LogP) is 2.92. The minimum Gasteiger partial charge on any atom is -0.368 e. The maximum atomic E-state index is 13.4. The normalized spacial score (nSPS) is 11.6. The number of benzene rings is 1. The first-order valence-corrected chi connectivity index (χ1v) is 5.75. The van der Waals surface area contributed by atoms with Crippen LogP contribution in [0.5, 0.6) is 0 Å². The first kappa shape index (κ1) is 12.3. The van der Waals surface area contributed by atoms with Crippen LogP contribution in [0.3, 0.4) is 0 Å². The van der Waals surface area contributed by atoms with Gasteiger partial charge in [-0.3, -0.25) is 4.99 Å². The molecule has 1 aromatic rings. The number of amidine groups is 1. The molecule has 0 bridgehead atoms. The molecule has 0 unspecified atom stereocenters. The van der Waals surface area contributed by atoms with Crippen LogP contribution < -0.4 is 5.32 Å². The van der Waals surface area contributed by atoms with Crippen molar-refractivity contribution in [2.75, 3.05) is 14.1 Å². The van der Waals surface area contributed by atoms with Gasteiger partial charge < -0.3 is 5.32 Å². The minimum atomic E-state index is -0.276. The van der Waals surface area contributed by atoms with Crippen LogP contribution in [0.2, 0.25) is 5.02 Å². The summed E-state index contributed by atoms with van der Waals surface area (Å²) in [4.78, 5) is 3.98. The van der Waals surface area contributed by atoms with E-state index in [0.717, 1.165) is 5.17 Å². The van der Waals surface area contributed by atoms with E-state index in [1.54, 1.807) is 26.2 Å². The summed E-state index contributed by atoms with van der Waals surface area (Å²) in [6.45, 7) is 0. The maximum absolute atomic E-state index is 13.4. The maximum Gasteiger partial charge on any atom is 0.156 e. The zero-order chi connectivity index (χ0) is 11.3. The molecule has 0 atom stereocenters. The van der Waals surface area contributed by atoms with E-state index in [9.17, 15) is 4.39 Å². The van der Waals surface area contributed by atoms with Gasteiger partial charge in [-0.05, 0) is 12.1 Å². The van der Waals surface area contributed by atoms with Crippen LogP contribution in [0, 0.1) is 5.82 Å². The van der Waals surface area contributed by atoms with Crippen LogP contribution in [0.4, 0.5) is 4.39 Å². The van der Waals surface area contributed by atoms with Crippen molar-refractivity contribution in [2.24, 2.45) is 4.99 Å². The van der Waals surface area contributed by atoms with Gasteiger partial charge in [-0.25, -0.2) is 4.39 Å². The van der Waals surface area contributed by atoms with E-state index in [-0.39, 0.29) is 5.82 Å². The second kappa shape index (κ2) is 5.98. The number of hydrogen-bond acceptors (Lipinski definition) is 2. The SMILES string of the molecule is CN=C(NC)SCc1c(F)cccc1Cl. The molecule has 1 rings (SSSR count). The third-order valence-electron chi connectivity index (χ3n) is 1.83. The average molecular weight is 247 g/mol. The van der Waals surface area contributed by atoms with E-state index in [1.807, 2.05) is 0 Å². The summed E-state index contributed by atoms with van der Waals surface area (Å²) in [7, 11) is 3.46. The van der Waals surface area contributed by atoms with Crippen LogP contribution >= 0.6 is 23.4 Å². The molecule has 0 radical (unpaired) electrons. The fourth-order valence-electron chi connectivity index (χ4n) is 1.06. The van der Waals surface area contributed by atoms with Gasteiger partial charge in [-0.15, -0.1) is 0 Å². The number of hydrogen-bond donors (Lipinski definition) is 1. The summed E-state index contributed by atoms with van der Waals surface area (Å²) in [5.74, 6) is 0.195. The Morgan fingerprint density at radius 1 is 1.60 bits per heavy atom. The Morgan fingerprint density at radius 2 is 2.33 bits per heavy atom. The first-order chi connectivity index (χ1) is 7.19.